The molecule has 1 atom stereocenters. The number of nitrogens with zero attached hydrogens (tertiary/aromatic N) is 3. The molecule has 0 saturated carbocycles. The molecule has 7 nitrogen and oxygen atoms in total. The fourth-order valence-corrected chi connectivity index (χ4v) is 4.44. The molecule has 162 valence electrons. The Morgan fingerprint density at radius 3 is 3.17 bits per heavy atom. The highest BCUT2D eigenvalue weighted by atomic mass is 16.5. The monoisotopic (exact) mass is 410 g/mol. The summed E-state index contributed by atoms with van der Waals surface area (Å²) >= 11 is 0. The lowest BCUT2D eigenvalue weighted by Gasteiger charge is -2.32. The van der Waals surface area contributed by atoms with Crippen LogP contribution in [0.5, 0.6) is 5.75 Å². The molecule has 4 N–H and O–H groups in total. The normalized spacial score (nSPS) is 23.4. The van der Waals surface area contributed by atoms with E-state index in [4.69, 9.17) is 10.5 Å². The van der Waals surface area contributed by atoms with E-state index in [0.717, 1.165) is 63.6 Å². The molecule has 3 heterocycles. The predicted molar refractivity (Wildman–Crippen MR) is 121 cm³/mol. The third kappa shape index (κ3) is 5.15. The molecule has 1 aromatic rings. The van der Waals surface area contributed by atoms with Gasteiger partial charge in [0.1, 0.15) is 18.2 Å². The number of hydrogen-bond donors (Lipinski definition) is 3. The molecule has 7 heteroatoms. The molecule has 1 saturated heterocycles. The number of hydrogen-bond acceptors (Lipinski definition) is 7. The quantitative estimate of drug-likeness (QED) is 0.636. The number of fused-ring (bicyclic) bond motifs is 1. The van der Waals surface area contributed by atoms with Gasteiger partial charge in [-0.05, 0) is 62.6 Å². The lowest BCUT2D eigenvalue weighted by atomic mass is 9.98. The first kappa shape index (κ1) is 20.8. The van der Waals surface area contributed by atoms with Crippen molar-refractivity contribution in [3.05, 3.63) is 53.5 Å². The van der Waals surface area contributed by atoms with Crippen molar-refractivity contribution in [3.8, 4) is 5.75 Å². The van der Waals surface area contributed by atoms with E-state index >= 15 is 0 Å². The second-order valence-corrected chi connectivity index (χ2v) is 8.10. The first-order valence-electron chi connectivity index (χ1n) is 11.1. The van der Waals surface area contributed by atoms with Crippen molar-refractivity contribution in [2.75, 3.05) is 39.3 Å². The second kappa shape index (κ2) is 10.5. The van der Waals surface area contributed by atoms with Crippen LogP contribution >= 0.6 is 0 Å². The van der Waals surface area contributed by atoms with Gasteiger partial charge < -0.3 is 20.8 Å². The summed E-state index contributed by atoms with van der Waals surface area (Å²) in [5, 5.41) is 0. The fourth-order valence-electron chi connectivity index (χ4n) is 4.44. The van der Waals surface area contributed by atoms with Crippen LogP contribution in [-0.4, -0.2) is 61.4 Å². The van der Waals surface area contributed by atoms with Crippen LogP contribution in [-0.2, 0) is 13.0 Å². The highest BCUT2D eigenvalue weighted by molar-refractivity contribution is 5.72. The zero-order chi connectivity index (χ0) is 20.6. The van der Waals surface area contributed by atoms with Gasteiger partial charge in [-0.3, -0.25) is 15.3 Å². The van der Waals surface area contributed by atoms with Gasteiger partial charge in [0.05, 0.1) is 12.6 Å². The topological polar surface area (TPSA) is 78.1 Å². The Hall–Kier alpha value is -2.51. The van der Waals surface area contributed by atoms with Crippen molar-refractivity contribution >= 4 is 6.21 Å². The first-order chi connectivity index (χ1) is 14.8. The van der Waals surface area contributed by atoms with Crippen LogP contribution in [0.15, 0.2) is 47.4 Å². The standard InChI is InChI=1S/C23H34N6O/c24-10-3-14-28-16-9-19-5-1-7-22(21(19)17-28)30-18-20-6-2-15-29(20)23-8-13-25-11-4-12-26-27-23/h1,4-5,7-8,12-13,20,26-27H,2-3,6,9-11,14-18,24H2/b12-4?,23-8+,25-13?. The molecule has 0 amide bonds. The summed E-state index contributed by atoms with van der Waals surface area (Å²) in [7, 11) is 0. The van der Waals surface area contributed by atoms with Gasteiger partial charge in [0, 0.05) is 37.6 Å². The summed E-state index contributed by atoms with van der Waals surface area (Å²) in [5.41, 5.74) is 14.9. The fraction of sp³-hybridized carbons (Fsp3) is 0.522. The maximum Gasteiger partial charge on any atom is 0.124 e. The molecule has 1 unspecified atom stereocenters. The molecular weight excluding hydrogens is 376 g/mol. The molecular formula is C23H34N6O. The predicted octanol–water partition coefficient (Wildman–Crippen LogP) is 1.77. The van der Waals surface area contributed by atoms with Crippen LogP contribution in [0.4, 0.5) is 0 Å². The molecule has 4 rings (SSSR count). The van der Waals surface area contributed by atoms with Gasteiger partial charge in [0.15, 0.2) is 0 Å². The van der Waals surface area contributed by atoms with Gasteiger partial charge in [-0.1, -0.05) is 12.1 Å². The number of rotatable bonds is 7. The first-order valence-corrected chi connectivity index (χ1v) is 11.1. The Morgan fingerprint density at radius 2 is 2.23 bits per heavy atom. The number of benzene rings is 1. The summed E-state index contributed by atoms with van der Waals surface area (Å²) in [6, 6.07) is 6.85. The number of likely N-dealkylation sites (tertiary alicyclic amines) is 1. The van der Waals surface area contributed by atoms with Gasteiger partial charge >= 0.3 is 0 Å². The largest absolute Gasteiger partial charge is 0.491 e. The molecule has 0 spiro atoms. The second-order valence-electron chi connectivity index (χ2n) is 8.10. The van der Waals surface area contributed by atoms with E-state index in [0.29, 0.717) is 19.2 Å². The molecule has 1 aromatic carbocycles. The Morgan fingerprint density at radius 1 is 1.27 bits per heavy atom. The molecule has 0 bridgehead atoms. The summed E-state index contributed by atoms with van der Waals surface area (Å²) in [6.07, 6.45) is 12.2. The minimum atomic E-state index is 0.344. The zero-order valence-corrected chi connectivity index (χ0v) is 17.7. The molecule has 0 radical (unpaired) electrons. The summed E-state index contributed by atoms with van der Waals surface area (Å²) in [4.78, 5) is 9.25. The van der Waals surface area contributed by atoms with Gasteiger partial charge in [0.25, 0.3) is 0 Å². The van der Waals surface area contributed by atoms with Gasteiger partial charge in [-0.2, -0.15) is 0 Å². The Balaban J connectivity index is 1.41. The van der Waals surface area contributed by atoms with Crippen LogP contribution in [0.1, 0.15) is 30.4 Å². The molecule has 0 aromatic heterocycles. The number of aliphatic imine (C=N–C) groups is 1. The summed E-state index contributed by atoms with van der Waals surface area (Å²) < 4.78 is 6.43. The maximum absolute atomic E-state index is 6.43. The lowest BCUT2D eigenvalue weighted by molar-refractivity contribution is 0.187. The molecule has 0 aliphatic carbocycles. The third-order valence-corrected chi connectivity index (χ3v) is 6.06. The number of ether oxygens (including phenoxy) is 1. The molecule has 30 heavy (non-hydrogen) atoms. The molecule has 1 fully saturated rings. The van der Waals surface area contributed by atoms with E-state index in [1.165, 1.54) is 17.5 Å². The van der Waals surface area contributed by atoms with Crippen molar-refractivity contribution in [1.82, 2.24) is 20.7 Å². The highest BCUT2D eigenvalue weighted by Gasteiger charge is 2.28. The van der Waals surface area contributed by atoms with Crippen LogP contribution in [0.25, 0.3) is 0 Å². The minimum absolute atomic E-state index is 0.344. The van der Waals surface area contributed by atoms with Crippen molar-refractivity contribution < 1.29 is 4.74 Å². The number of allylic oxidation sites excluding steroid dienone is 1. The van der Waals surface area contributed by atoms with Crippen molar-refractivity contribution in [2.24, 2.45) is 10.7 Å². The zero-order valence-electron chi connectivity index (χ0n) is 17.7. The number of nitrogens with one attached hydrogen (secondary N) is 2. The third-order valence-electron chi connectivity index (χ3n) is 6.06. The van der Waals surface area contributed by atoms with Crippen molar-refractivity contribution in [1.29, 1.82) is 0 Å². The minimum Gasteiger partial charge on any atom is -0.491 e. The van der Waals surface area contributed by atoms with Crippen LogP contribution in [0.2, 0.25) is 0 Å². The number of nitrogens with two attached hydrogens (primary N) is 1. The van der Waals surface area contributed by atoms with Crippen molar-refractivity contribution in [2.45, 2.75) is 38.3 Å². The van der Waals surface area contributed by atoms with Crippen LogP contribution in [0.3, 0.4) is 0 Å². The van der Waals surface area contributed by atoms with E-state index in [-0.39, 0.29) is 0 Å². The average Bonchev–Trinajstić information content (AvgIpc) is 3.28. The maximum atomic E-state index is 6.43. The summed E-state index contributed by atoms with van der Waals surface area (Å²) in [6.45, 7) is 6.26. The Bertz CT molecular complexity index is 790. The average molecular weight is 411 g/mol. The van der Waals surface area contributed by atoms with E-state index in [9.17, 15) is 0 Å². The number of hydrazine groups is 1. The van der Waals surface area contributed by atoms with Gasteiger partial charge in [-0.15, -0.1) is 0 Å². The molecule has 3 aliphatic heterocycles. The summed E-state index contributed by atoms with van der Waals surface area (Å²) in [5.74, 6) is 2.08. The smallest absolute Gasteiger partial charge is 0.124 e. The van der Waals surface area contributed by atoms with E-state index in [2.05, 4.69) is 43.8 Å². The van der Waals surface area contributed by atoms with Gasteiger partial charge in [-0.25, -0.2) is 0 Å². The van der Waals surface area contributed by atoms with Crippen molar-refractivity contribution in [3.63, 3.8) is 0 Å². The van der Waals surface area contributed by atoms with Gasteiger partial charge in [0.2, 0.25) is 0 Å². The molecule has 3 aliphatic rings. The Labute approximate surface area is 179 Å². The SMILES string of the molecule is NCCCN1CCc2cccc(OCC3CCCN3/C3=C/C=NCC=CNN3)c2C1. The van der Waals surface area contributed by atoms with E-state index in [1.54, 1.807) is 0 Å². The Kier molecular flexibility index (Phi) is 7.26. The van der Waals surface area contributed by atoms with E-state index in [1.807, 2.05) is 24.6 Å². The van der Waals surface area contributed by atoms with Crippen LogP contribution < -0.4 is 21.3 Å². The highest BCUT2D eigenvalue weighted by Crippen LogP contribution is 2.29. The van der Waals surface area contributed by atoms with E-state index < -0.39 is 0 Å². The van der Waals surface area contributed by atoms with Crippen LogP contribution in [0, 0.1) is 0 Å². The lowest BCUT2D eigenvalue weighted by Crippen LogP contribution is -2.42.